The Hall–Kier alpha value is -0.300. The predicted molar refractivity (Wildman–Crippen MR) is 139 cm³/mol. The van der Waals surface area contributed by atoms with Gasteiger partial charge in [-0.05, 0) is 12.8 Å². The second-order valence-corrected chi connectivity index (χ2v) is 11.9. The van der Waals surface area contributed by atoms with Crippen molar-refractivity contribution in [3.8, 4) is 0 Å². The molecule has 0 aliphatic rings. The van der Waals surface area contributed by atoms with Crippen LogP contribution in [0.1, 0.15) is 103 Å². The average Bonchev–Trinajstić information content (AvgIpc) is 3.34. The molecule has 1 heterocycles. The van der Waals surface area contributed by atoms with Crippen molar-refractivity contribution in [3.05, 3.63) is 17.1 Å². The molecule has 0 fully saturated rings. The van der Waals surface area contributed by atoms with Gasteiger partial charge in [0.1, 0.15) is 14.2 Å². The maximum Gasteiger partial charge on any atom is 0.224 e. The molecule has 8 heteroatoms. The zero-order chi connectivity index (χ0) is 24.7. The Morgan fingerprint density at radius 3 is 2.03 bits per heavy atom. The van der Waals surface area contributed by atoms with E-state index in [1.54, 1.807) is 18.4 Å². The number of hydrogen-bond acceptors (Lipinski definition) is 6. The van der Waals surface area contributed by atoms with Crippen LogP contribution in [0.4, 0.5) is 0 Å². The first-order valence-corrected chi connectivity index (χ1v) is 16.2. The van der Waals surface area contributed by atoms with Crippen LogP contribution in [0.25, 0.3) is 0 Å². The number of rotatable bonds is 25. The maximum absolute atomic E-state index is 12.1. The van der Waals surface area contributed by atoms with E-state index in [4.69, 9.17) is 14.0 Å². The highest BCUT2D eigenvalue weighted by Gasteiger charge is 2.15. The van der Waals surface area contributed by atoms with Crippen LogP contribution in [-0.4, -0.2) is 39.2 Å². The minimum absolute atomic E-state index is 0.0258. The van der Waals surface area contributed by atoms with Crippen LogP contribution >= 0.6 is 18.9 Å². The highest BCUT2D eigenvalue weighted by molar-refractivity contribution is 7.51. The number of aromatic nitrogens is 1. The van der Waals surface area contributed by atoms with Crippen molar-refractivity contribution in [1.82, 2.24) is 0 Å². The molecule has 0 aliphatic heterocycles. The molecule has 0 saturated carbocycles. The third kappa shape index (κ3) is 19.0. The number of nitrogens with zero attached hydrogens (tertiary/aromatic N) is 1. The molecule has 0 radical (unpaired) electrons. The number of hydrogen-bond donors (Lipinski definition) is 0. The highest BCUT2D eigenvalue weighted by Crippen LogP contribution is 2.37. The summed E-state index contributed by atoms with van der Waals surface area (Å²) in [4.78, 5) is 12.1. The number of ether oxygens (including phenoxy) is 2. The minimum atomic E-state index is -3.85. The van der Waals surface area contributed by atoms with Crippen LogP contribution < -0.4 is 9.46 Å². The standard InChI is InChI=1S/C26H50NO5PS/c1-3-4-5-6-7-8-9-10-11-12-13-14-15-16-20-31-24-26(30-2)17-22-33(28,29)32-21-18-27-19-23-34-25-27/h19,23,25-26H,3-18,20-22,24H2,1-2H3. The third-order valence-electron chi connectivity index (χ3n) is 6.17. The van der Waals surface area contributed by atoms with Gasteiger partial charge in [-0.15, -0.1) is 0 Å². The molecule has 0 saturated heterocycles. The van der Waals surface area contributed by atoms with E-state index in [1.807, 2.05) is 21.7 Å². The van der Waals surface area contributed by atoms with Crippen molar-refractivity contribution in [2.45, 2.75) is 116 Å². The monoisotopic (exact) mass is 519 g/mol. The molecular formula is C26H50NO5PS. The Labute approximate surface area is 212 Å². The Morgan fingerprint density at radius 1 is 0.912 bits per heavy atom. The van der Waals surface area contributed by atoms with Gasteiger partial charge in [-0.25, -0.2) is 0 Å². The molecule has 34 heavy (non-hydrogen) atoms. The first-order chi connectivity index (χ1) is 16.6. The van der Waals surface area contributed by atoms with Gasteiger partial charge in [0.25, 0.3) is 0 Å². The van der Waals surface area contributed by atoms with Crippen molar-refractivity contribution < 1.29 is 28.0 Å². The van der Waals surface area contributed by atoms with E-state index in [2.05, 4.69) is 6.92 Å². The second kappa shape index (κ2) is 21.9. The zero-order valence-electron chi connectivity index (χ0n) is 21.8. The van der Waals surface area contributed by atoms with E-state index in [-0.39, 0.29) is 18.9 Å². The molecule has 0 aromatic carbocycles. The van der Waals surface area contributed by atoms with Crippen molar-refractivity contribution in [2.24, 2.45) is 0 Å². The molecule has 0 aliphatic carbocycles. The lowest BCUT2D eigenvalue weighted by molar-refractivity contribution is -0.693. The molecule has 0 amide bonds. The lowest BCUT2D eigenvalue weighted by Gasteiger charge is -2.24. The SMILES string of the molecule is CCCCCCCCCCCCCCCCOCC(CCP(=O)([O-])OCC[n+]1ccsc1)OC. The summed E-state index contributed by atoms with van der Waals surface area (Å²) in [6.07, 6.45) is 20.8. The van der Waals surface area contributed by atoms with Crippen molar-refractivity contribution >= 4 is 18.9 Å². The van der Waals surface area contributed by atoms with Crippen LogP contribution in [0, 0.1) is 0 Å². The van der Waals surface area contributed by atoms with Gasteiger partial charge in [-0.3, -0.25) is 0 Å². The number of methoxy groups -OCH3 is 1. The van der Waals surface area contributed by atoms with Gasteiger partial charge < -0.3 is 23.5 Å². The summed E-state index contributed by atoms with van der Waals surface area (Å²) in [6, 6.07) is 0. The summed E-state index contributed by atoms with van der Waals surface area (Å²) < 4.78 is 30.3. The summed E-state index contributed by atoms with van der Waals surface area (Å²) >= 11 is 1.57. The fourth-order valence-corrected chi connectivity index (χ4v) is 5.65. The van der Waals surface area contributed by atoms with Gasteiger partial charge in [0.2, 0.25) is 5.51 Å². The largest absolute Gasteiger partial charge is 0.778 e. The Bertz CT molecular complexity index is 602. The van der Waals surface area contributed by atoms with Crippen LogP contribution in [0.15, 0.2) is 17.1 Å². The van der Waals surface area contributed by atoms with Crippen LogP contribution in [-0.2, 0) is 25.1 Å². The average molecular weight is 520 g/mol. The van der Waals surface area contributed by atoms with Crippen molar-refractivity contribution in [2.75, 3.05) is 33.1 Å². The van der Waals surface area contributed by atoms with Gasteiger partial charge in [-0.2, -0.15) is 4.57 Å². The van der Waals surface area contributed by atoms with E-state index >= 15 is 0 Å². The van der Waals surface area contributed by atoms with Crippen LogP contribution in [0.5, 0.6) is 0 Å². The molecule has 1 aromatic rings. The molecule has 0 N–H and O–H groups in total. The smallest absolute Gasteiger partial charge is 0.224 e. The molecule has 1 rings (SSSR count). The lowest BCUT2D eigenvalue weighted by Crippen LogP contribution is -2.33. The normalized spacial score (nSPS) is 14.3. The van der Waals surface area contributed by atoms with E-state index < -0.39 is 7.60 Å². The topological polar surface area (TPSA) is 71.7 Å². The predicted octanol–water partition coefficient (Wildman–Crippen LogP) is 6.51. The third-order valence-corrected chi connectivity index (χ3v) is 8.22. The van der Waals surface area contributed by atoms with E-state index in [0.29, 0.717) is 26.2 Å². The first kappa shape index (κ1) is 31.7. The summed E-state index contributed by atoms with van der Waals surface area (Å²) in [5.74, 6) is 0. The quantitative estimate of drug-likeness (QED) is 0.0837. The number of unbranched alkanes of at least 4 members (excludes halogenated alkanes) is 13. The summed E-state index contributed by atoms with van der Waals surface area (Å²) in [7, 11) is -2.25. The molecular weight excluding hydrogens is 469 g/mol. The van der Waals surface area contributed by atoms with Crippen molar-refractivity contribution in [1.29, 1.82) is 0 Å². The van der Waals surface area contributed by atoms with Gasteiger partial charge in [0.05, 0.1) is 18.1 Å². The maximum atomic E-state index is 12.1. The fourth-order valence-electron chi connectivity index (χ4n) is 3.92. The van der Waals surface area contributed by atoms with Crippen LogP contribution in [0.3, 0.4) is 0 Å². The summed E-state index contributed by atoms with van der Waals surface area (Å²) in [5.41, 5.74) is 1.93. The summed E-state index contributed by atoms with van der Waals surface area (Å²) in [5, 5.41) is 1.94. The van der Waals surface area contributed by atoms with Gasteiger partial charge in [-0.1, -0.05) is 102 Å². The molecule has 0 spiro atoms. The molecule has 200 valence electrons. The van der Waals surface area contributed by atoms with Crippen molar-refractivity contribution in [3.63, 3.8) is 0 Å². The molecule has 0 bridgehead atoms. The molecule has 6 nitrogen and oxygen atoms in total. The first-order valence-electron chi connectivity index (χ1n) is 13.5. The second-order valence-electron chi connectivity index (χ2n) is 9.25. The van der Waals surface area contributed by atoms with Crippen LogP contribution in [0.2, 0.25) is 0 Å². The number of thiazole rings is 1. The van der Waals surface area contributed by atoms with E-state index in [0.717, 1.165) is 6.42 Å². The lowest BCUT2D eigenvalue weighted by atomic mass is 10.0. The van der Waals surface area contributed by atoms with Gasteiger partial charge in [0.15, 0.2) is 12.7 Å². The molecule has 2 unspecified atom stereocenters. The van der Waals surface area contributed by atoms with E-state index in [9.17, 15) is 9.46 Å². The molecule has 1 aromatic heterocycles. The van der Waals surface area contributed by atoms with E-state index in [1.165, 1.54) is 83.5 Å². The molecule has 2 atom stereocenters. The van der Waals surface area contributed by atoms with Gasteiger partial charge in [0, 0.05) is 19.9 Å². The Kier molecular flexibility index (Phi) is 20.5. The Balaban J connectivity index is 1.89. The minimum Gasteiger partial charge on any atom is -0.778 e. The van der Waals surface area contributed by atoms with Gasteiger partial charge >= 0.3 is 0 Å². The highest BCUT2D eigenvalue weighted by atomic mass is 32.1. The zero-order valence-corrected chi connectivity index (χ0v) is 23.5. The Morgan fingerprint density at radius 2 is 1.50 bits per heavy atom. The fraction of sp³-hybridized carbons (Fsp3) is 0.885. The summed E-state index contributed by atoms with van der Waals surface area (Å²) in [6.45, 7) is 4.11.